The van der Waals surface area contributed by atoms with Crippen LogP contribution in [0.3, 0.4) is 0 Å². The Bertz CT molecular complexity index is 1020. The lowest BCUT2D eigenvalue weighted by molar-refractivity contribution is -0.117. The van der Waals surface area contributed by atoms with Gasteiger partial charge in [-0.15, -0.1) is 0 Å². The molecule has 0 aliphatic carbocycles. The highest BCUT2D eigenvalue weighted by Crippen LogP contribution is 2.22. The fourth-order valence-corrected chi connectivity index (χ4v) is 3.27. The van der Waals surface area contributed by atoms with Crippen LogP contribution in [0.4, 0.5) is 0 Å². The lowest BCUT2D eigenvalue weighted by atomic mass is 10.1. The molecule has 0 aliphatic rings. The molecule has 0 saturated carbocycles. The average molecular weight is 369 g/mol. The molecule has 2 aromatic carbocycles. The third-order valence-corrected chi connectivity index (χ3v) is 4.69. The van der Waals surface area contributed by atoms with E-state index in [0.29, 0.717) is 6.54 Å². The number of nitrogens with zero attached hydrogens (tertiary/aromatic N) is 2. The summed E-state index contributed by atoms with van der Waals surface area (Å²) in [4.78, 5) is 12.4. The number of amides is 1. The van der Waals surface area contributed by atoms with Crippen LogP contribution in [0, 0.1) is 25.2 Å². The fourth-order valence-electron chi connectivity index (χ4n) is 3.27. The van der Waals surface area contributed by atoms with Crippen molar-refractivity contribution in [2.24, 2.45) is 0 Å². The minimum absolute atomic E-state index is 0.112. The van der Waals surface area contributed by atoms with Gasteiger partial charge in [-0.05, 0) is 55.7 Å². The molecule has 0 radical (unpaired) electrons. The number of hydrogen-bond acceptors (Lipinski definition) is 2. The van der Waals surface area contributed by atoms with Crippen LogP contribution >= 0.6 is 0 Å². The molecule has 0 atom stereocenters. The molecule has 0 spiro atoms. The molecule has 1 amide bonds. The van der Waals surface area contributed by atoms with Crippen LogP contribution in [0.15, 0.2) is 72.3 Å². The van der Waals surface area contributed by atoms with Crippen LogP contribution < -0.4 is 5.32 Å². The molecule has 0 fully saturated rings. The Morgan fingerprint density at radius 2 is 1.71 bits per heavy atom. The Labute approximate surface area is 165 Å². The van der Waals surface area contributed by atoms with Crippen LogP contribution in [-0.2, 0) is 11.2 Å². The van der Waals surface area contributed by atoms with E-state index in [1.165, 1.54) is 0 Å². The first-order valence-corrected chi connectivity index (χ1v) is 9.28. The van der Waals surface area contributed by atoms with Gasteiger partial charge in [0.1, 0.15) is 11.6 Å². The van der Waals surface area contributed by atoms with Crippen LogP contribution in [0.25, 0.3) is 11.8 Å². The van der Waals surface area contributed by atoms with Gasteiger partial charge in [0.05, 0.1) is 0 Å². The zero-order chi connectivity index (χ0) is 19.9. The first-order valence-electron chi connectivity index (χ1n) is 9.28. The maximum Gasteiger partial charge on any atom is 0.261 e. The maximum atomic E-state index is 12.4. The summed E-state index contributed by atoms with van der Waals surface area (Å²) < 4.78 is 2.12. The van der Waals surface area contributed by atoms with Gasteiger partial charge in [-0.1, -0.05) is 48.5 Å². The lowest BCUT2D eigenvalue weighted by Gasteiger charge is -2.09. The Hall–Kier alpha value is -3.58. The monoisotopic (exact) mass is 369 g/mol. The van der Waals surface area contributed by atoms with Crippen molar-refractivity contribution in [2.45, 2.75) is 20.3 Å². The van der Waals surface area contributed by atoms with E-state index in [1.807, 2.05) is 86.6 Å². The molecule has 3 aromatic rings. The third-order valence-electron chi connectivity index (χ3n) is 4.69. The standard InChI is InChI=1S/C24H23N3O/c1-18-15-21(19(2)27(18)23-11-7-4-8-12-23)16-22(17-25)24(28)26-14-13-20-9-5-3-6-10-20/h3-12,15-16H,13-14H2,1-2H3,(H,26,28)/b22-16+. The Morgan fingerprint density at radius 1 is 1.07 bits per heavy atom. The van der Waals surface area contributed by atoms with Crippen molar-refractivity contribution in [3.63, 3.8) is 0 Å². The summed E-state index contributed by atoms with van der Waals surface area (Å²) in [5, 5.41) is 12.3. The van der Waals surface area contributed by atoms with E-state index in [-0.39, 0.29) is 11.5 Å². The van der Waals surface area contributed by atoms with Crippen molar-refractivity contribution in [3.8, 4) is 11.8 Å². The number of para-hydroxylation sites is 1. The first kappa shape index (κ1) is 19.2. The zero-order valence-electron chi connectivity index (χ0n) is 16.1. The second-order valence-corrected chi connectivity index (χ2v) is 6.66. The summed E-state index contributed by atoms with van der Waals surface area (Å²) in [5.74, 6) is -0.344. The summed E-state index contributed by atoms with van der Waals surface area (Å²) in [6.07, 6.45) is 2.40. The minimum Gasteiger partial charge on any atom is -0.351 e. The molecular weight excluding hydrogens is 346 g/mol. The number of hydrogen-bond donors (Lipinski definition) is 1. The number of nitrogens with one attached hydrogen (secondary N) is 1. The first-order chi connectivity index (χ1) is 13.6. The van der Waals surface area contributed by atoms with Crippen molar-refractivity contribution in [1.29, 1.82) is 5.26 Å². The van der Waals surface area contributed by atoms with Crippen LogP contribution in [0.1, 0.15) is 22.5 Å². The van der Waals surface area contributed by atoms with E-state index in [2.05, 4.69) is 9.88 Å². The predicted octanol–water partition coefficient (Wildman–Crippen LogP) is 4.36. The number of carbonyl (C=O) groups is 1. The summed E-state index contributed by atoms with van der Waals surface area (Å²) in [7, 11) is 0. The van der Waals surface area contributed by atoms with Crippen molar-refractivity contribution >= 4 is 12.0 Å². The van der Waals surface area contributed by atoms with E-state index in [9.17, 15) is 10.1 Å². The summed E-state index contributed by atoms with van der Waals surface area (Å²) >= 11 is 0. The normalized spacial score (nSPS) is 11.1. The van der Waals surface area contributed by atoms with Gasteiger partial charge in [0.2, 0.25) is 0 Å². The zero-order valence-corrected chi connectivity index (χ0v) is 16.1. The van der Waals surface area contributed by atoms with E-state index in [0.717, 1.165) is 34.6 Å². The second-order valence-electron chi connectivity index (χ2n) is 6.66. The number of aryl methyl sites for hydroxylation is 1. The largest absolute Gasteiger partial charge is 0.351 e. The molecule has 4 heteroatoms. The Kier molecular flexibility index (Phi) is 6.08. The van der Waals surface area contributed by atoms with Gasteiger partial charge in [0.15, 0.2) is 0 Å². The number of carbonyl (C=O) groups excluding carboxylic acids is 1. The molecule has 1 aromatic heterocycles. The molecule has 0 unspecified atom stereocenters. The van der Waals surface area contributed by atoms with Crippen molar-refractivity contribution in [1.82, 2.24) is 9.88 Å². The number of benzene rings is 2. The fraction of sp³-hybridized carbons (Fsp3) is 0.167. The average Bonchev–Trinajstić information content (AvgIpc) is 3.00. The highest BCUT2D eigenvalue weighted by molar-refractivity contribution is 6.01. The van der Waals surface area contributed by atoms with E-state index >= 15 is 0 Å². The molecule has 0 aliphatic heterocycles. The topological polar surface area (TPSA) is 57.8 Å². The van der Waals surface area contributed by atoms with Gasteiger partial charge in [0, 0.05) is 23.6 Å². The Morgan fingerprint density at radius 3 is 2.36 bits per heavy atom. The summed E-state index contributed by atoms with van der Waals surface area (Å²) in [6, 6.07) is 24.0. The number of rotatable bonds is 6. The predicted molar refractivity (Wildman–Crippen MR) is 112 cm³/mol. The number of nitriles is 1. The van der Waals surface area contributed by atoms with Crippen LogP contribution in [0.5, 0.6) is 0 Å². The van der Waals surface area contributed by atoms with Gasteiger partial charge >= 0.3 is 0 Å². The molecule has 1 N–H and O–H groups in total. The molecule has 1 heterocycles. The van der Waals surface area contributed by atoms with E-state index < -0.39 is 0 Å². The van der Waals surface area contributed by atoms with Crippen molar-refractivity contribution in [2.75, 3.05) is 6.54 Å². The van der Waals surface area contributed by atoms with Crippen LogP contribution in [-0.4, -0.2) is 17.0 Å². The van der Waals surface area contributed by atoms with E-state index in [4.69, 9.17) is 0 Å². The highest BCUT2D eigenvalue weighted by atomic mass is 16.1. The van der Waals surface area contributed by atoms with Crippen molar-refractivity contribution < 1.29 is 4.79 Å². The number of aromatic nitrogens is 1. The smallest absolute Gasteiger partial charge is 0.261 e. The molecule has 28 heavy (non-hydrogen) atoms. The van der Waals surface area contributed by atoms with Crippen LogP contribution in [0.2, 0.25) is 0 Å². The van der Waals surface area contributed by atoms with E-state index in [1.54, 1.807) is 6.08 Å². The van der Waals surface area contributed by atoms with Gasteiger partial charge in [-0.3, -0.25) is 4.79 Å². The van der Waals surface area contributed by atoms with Crippen molar-refractivity contribution in [3.05, 3.63) is 94.8 Å². The molecular formula is C24H23N3O. The molecule has 3 rings (SSSR count). The molecule has 4 nitrogen and oxygen atoms in total. The van der Waals surface area contributed by atoms with Gasteiger partial charge in [-0.25, -0.2) is 0 Å². The summed E-state index contributed by atoms with van der Waals surface area (Å²) in [5.41, 5.74) is 5.24. The molecule has 0 bridgehead atoms. The van der Waals surface area contributed by atoms with Gasteiger partial charge in [-0.2, -0.15) is 5.26 Å². The quantitative estimate of drug-likeness (QED) is 0.518. The highest BCUT2D eigenvalue weighted by Gasteiger charge is 2.13. The van der Waals surface area contributed by atoms with Gasteiger partial charge < -0.3 is 9.88 Å². The van der Waals surface area contributed by atoms with Gasteiger partial charge in [0.25, 0.3) is 5.91 Å². The minimum atomic E-state index is -0.344. The molecule has 0 saturated heterocycles. The maximum absolute atomic E-state index is 12.4. The second kappa shape index (κ2) is 8.88. The third kappa shape index (κ3) is 4.39. The summed E-state index contributed by atoms with van der Waals surface area (Å²) in [6.45, 7) is 4.50. The SMILES string of the molecule is Cc1cc(/C=C(\C#N)C(=O)NCCc2ccccc2)c(C)n1-c1ccccc1. The molecule has 140 valence electrons. The Balaban J connectivity index is 1.75. The lowest BCUT2D eigenvalue weighted by Crippen LogP contribution is -2.26.